The Kier molecular flexibility index (Phi) is 3.64. The third-order valence-electron chi connectivity index (χ3n) is 2.64. The first-order valence-corrected chi connectivity index (χ1v) is 5.51. The highest BCUT2D eigenvalue weighted by Gasteiger charge is 2.46. The molecule has 0 spiro atoms. The Bertz CT molecular complexity index is 326. The van der Waals surface area contributed by atoms with Gasteiger partial charge in [-0.05, 0) is 27.7 Å². The van der Waals surface area contributed by atoms with Gasteiger partial charge in [0.15, 0.2) is 0 Å². The molecule has 1 aliphatic rings. The average molecular weight is 247 g/mol. The normalized spacial score (nSPS) is 29.2. The third-order valence-corrected chi connectivity index (χ3v) is 2.64. The van der Waals surface area contributed by atoms with E-state index in [1.54, 1.807) is 20.8 Å². The van der Waals surface area contributed by atoms with Crippen molar-refractivity contribution in [2.75, 3.05) is 0 Å². The Labute approximate surface area is 99.5 Å². The predicted molar refractivity (Wildman–Crippen MR) is 58.5 cm³/mol. The number of carbonyl (C=O) groups excluding carboxylic acids is 1. The zero-order valence-corrected chi connectivity index (χ0v) is 10.4. The number of amides is 1. The molecule has 17 heavy (non-hydrogen) atoms. The van der Waals surface area contributed by atoms with Crippen LogP contribution in [-0.4, -0.2) is 45.9 Å². The summed E-state index contributed by atoms with van der Waals surface area (Å²) >= 11 is 0. The zero-order chi connectivity index (χ0) is 13.4. The Morgan fingerprint density at radius 1 is 1.41 bits per heavy atom. The number of halogens is 1. The van der Waals surface area contributed by atoms with Crippen molar-refractivity contribution in [1.29, 1.82) is 0 Å². The fourth-order valence-electron chi connectivity index (χ4n) is 1.81. The van der Waals surface area contributed by atoms with E-state index in [-0.39, 0.29) is 6.42 Å². The summed E-state index contributed by atoms with van der Waals surface area (Å²) in [6.07, 6.45) is -2.29. The summed E-state index contributed by atoms with van der Waals surface area (Å²) in [7, 11) is 0. The van der Waals surface area contributed by atoms with Crippen molar-refractivity contribution in [1.82, 2.24) is 4.90 Å². The van der Waals surface area contributed by atoms with E-state index in [4.69, 9.17) is 9.84 Å². The minimum atomic E-state index is -1.33. The summed E-state index contributed by atoms with van der Waals surface area (Å²) in [6, 6.07) is -1.92. The number of likely N-dealkylation sites (tertiary alicyclic amines) is 1. The fourth-order valence-corrected chi connectivity index (χ4v) is 1.81. The summed E-state index contributed by atoms with van der Waals surface area (Å²) < 4.78 is 18.5. The number of alkyl halides is 1. The van der Waals surface area contributed by atoms with Gasteiger partial charge in [0.05, 0.1) is 6.04 Å². The second-order valence-corrected chi connectivity index (χ2v) is 5.23. The number of carboxylic acid groups (broad SMARTS) is 1. The largest absolute Gasteiger partial charge is 0.480 e. The molecule has 1 aliphatic heterocycles. The van der Waals surface area contributed by atoms with Crippen molar-refractivity contribution < 1.29 is 23.8 Å². The minimum absolute atomic E-state index is 0.185. The number of hydrogen-bond donors (Lipinski definition) is 1. The molecule has 0 aromatic heterocycles. The number of carboxylic acids is 1. The maximum Gasteiger partial charge on any atom is 0.411 e. The second-order valence-electron chi connectivity index (χ2n) is 5.23. The lowest BCUT2D eigenvalue weighted by molar-refractivity contribution is -0.142. The molecule has 5 nitrogen and oxygen atoms in total. The molecule has 0 aromatic rings. The monoisotopic (exact) mass is 247 g/mol. The summed E-state index contributed by atoms with van der Waals surface area (Å²) in [5.74, 6) is -1.21. The average Bonchev–Trinajstić information content (AvgIpc) is 2.40. The summed E-state index contributed by atoms with van der Waals surface area (Å²) in [6.45, 7) is 6.51. The van der Waals surface area contributed by atoms with Gasteiger partial charge >= 0.3 is 12.1 Å². The minimum Gasteiger partial charge on any atom is -0.480 e. The van der Waals surface area contributed by atoms with Crippen molar-refractivity contribution in [3.8, 4) is 0 Å². The molecule has 1 saturated heterocycles. The van der Waals surface area contributed by atoms with E-state index in [2.05, 4.69) is 0 Å². The summed E-state index contributed by atoms with van der Waals surface area (Å²) in [5, 5.41) is 8.95. The highest BCUT2D eigenvalue weighted by molar-refractivity contribution is 5.81. The highest BCUT2D eigenvalue weighted by atomic mass is 19.1. The van der Waals surface area contributed by atoms with E-state index >= 15 is 0 Å². The van der Waals surface area contributed by atoms with Gasteiger partial charge in [0.2, 0.25) is 0 Å². The lowest BCUT2D eigenvalue weighted by Crippen LogP contribution is -2.47. The molecule has 1 fully saturated rings. The molecule has 2 unspecified atom stereocenters. The van der Waals surface area contributed by atoms with Gasteiger partial charge in [-0.25, -0.2) is 14.0 Å². The van der Waals surface area contributed by atoms with Crippen molar-refractivity contribution in [2.24, 2.45) is 0 Å². The fraction of sp³-hybridized carbons (Fsp3) is 0.818. The van der Waals surface area contributed by atoms with E-state index in [0.717, 1.165) is 4.90 Å². The number of carbonyl (C=O) groups is 2. The van der Waals surface area contributed by atoms with Crippen LogP contribution in [0, 0.1) is 0 Å². The first kappa shape index (κ1) is 13.7. The van der Waals surface area contributed by atoms with Crippen LogP contribution in [0.4, 0.5) is 9.18 Å². The van der Waals surface area contributed by atoms with Gasteiger partial charge < -0.3 is 9.84 Å². The van der Waals surface area contributed by atoms with Crippen LogP contribution in [0.2, 0.25) is 0 Å². The van der Waals surface area contributed by atoms with Gasteiger partial charge in [-0.15, -0.1) is 0 Å². The van der Waals surface area contributed by atoms with E-state index in [9.17, 15) is 14.0 Å². The number of ether oxygens (including phenoxy) is 1. The number of aliphatic carboxylic acids is 1. The van der Waals surface area contributed by atoms with Crippen LogP contribution in [-0.2, 0) is 9.53 Å². The first-order chi connectivity index (χ1) is 7.63. The Balaban J connectivity index is 2.85. The number of rotatable bonds is 1. The Morgan fingerprint density at radius 3 is 2.35 bits per heavy atom. The molecular formula is C11H18FNO4. The van der Waals surface area contributed by atoms with Crippen molar-refractivity contribution in [2.45, 2.75) is 58.0 Å². The summed E-state index contributed by atoms with van der Waals surface area (Å²) in [5.41, 5.74) is -0.728. The van der Waals surface area contributed by atoms with Gasteiger partial charge in [-0.1, -0.05) is 0 Å². The van der Waals surface area contributed by atoms with Gasteiger partial charge in [0.1, 0.15) is 17.8 Å². The van der Waals surface area contributed by atoms with E-state index < -0.39 is 35.9 Å². The van der Waals surface area contributed by atoms with Crippen molar-refractivity contribution >= 4 is 12.1 Å². The third kappa shape index (κ3) is 3.08. The second kappa shape index (κ2) is 4.50. The standard InChI is InChI=1S/C11H18FNO4/c1-6-7(12)5-8(9(14)15)13(6)10(16)17-11(2,3)4/h6-8H,5H2,1-4H3,(H,14,15)/t6-,7?,8?/m0/s1. The van der Waals surface area contributed by atoms with Crippen LogP contribution in [0.1, 0.15) is 34.1 Å². The van der Waals surface area contributed by atoms with Crippen LogP contribution in [0.15, 0.2) is 0 Å². The van der Waals surface area contributed by atoms with Crippen LogP contribution in [0.5, 0.6) is 0 Å². The lowest BCUT2D eigenvalue weighted by atomic mass is 10.2. The quantitative estimate of drug-likeness (QED) is 0.767. The number of hydrogen-bond acceptors (Lipinski definition) is 3. The van der Waals surface area contributed by atoms with Gasteiger partial charge in [-0.3, -0.25) is 4.90 Å². The summed E-state index contributed by atoms with van der Waals surface area (Å²) in [4.78, 5) is 23.7. The van der Waals surface area contributed by atoms with Crippen LogP contribution in [0.25, 0.3) is 0 Å². The molecule has 98 valence electrons. The van der Waals surface area contributed by atoms with Gasteiger partial charge in [0, 0.05) is 6.42 Å². The smallest absolute Gasteiger partial charge is 0.411 e. The molecule has 1 amide bonds. The predicted octanol–water partition coefficient (Wildman–Crippen LogP) is 1.81. The van der Waals surface area contributed by atoms with Gasteiger partial charge in [0.25, 0.3) is 0 Å². The van der Waals surface area contributed by atoms with E-state index in [1.165, 1.54) is 6.92 Å². The molecule has 0 saturated carbocycles. The Morgan fingerprint density at radius 2 is 1.94 bits per heavy atom. The molecule has 1 heterocycles. The maximum atomic E-state index is 13.5. The molecule has 0 aromatic carbocycles. The SMILES string of the molecule is C[C@H]1C(F)CC(C(=O)O)N1C(=O)OC(C)(C)C. The molecular weight excluding hydrogens is 229 g/mol. The molecule has 1 N–H and O–H groups in total. The van der Waals surface area contributed by atoms with Crippen molar-refractivity contribution in [3.63, 3.8) is 0 Å². The zero-order valence-electron chi connectivity index (χ0n) is 10.4. The number of nitrogens with zero attached hydrogens (tertiary/aromatic N) is 1. The molecule has 0 bridgehead atoms. The molecule has 6 heteroatoms. The molecule has 0 aliphatic carbocycles. The molecule has 0 radical (unpaired) electrons. The Hall–Kier alpha value is -1.33. The molecule has 1 rings (SSSR count). The van der Waals surface area contributed by atoms with E-state index in [1.807, 2.05) is 0 Å². The highest BCUT2D eigenvalue weighted by Crippen LogP contribution is 2.28. The van der Waals surface area contributed by atoms with Crippen LogP contribution < -0.4 is 0 Å². The van der Waals surface area contributed by atoms with Crippen LogP contribution >= 0.6 is 0 Å². The maximum absolute atomic E-state index is 13.5. The van der Waals surface area contributed by atoms with Crippen LogP contribution in [0.3, 0.4) is 0 Å². The van der Waals surface area contributed by atoms with E-state index in [0.29, 0.717) is 0 Å². The van der Waals surface area contributed by atoms with Crippen molar-refractivity contribution in [3.05, 3.63) is 0 Å². The topological polar surface area (TPSA) is 66.8 Å². The first-order valence-electron chi connectivity index (χ1n) is 5.51. The van der Waals surface area contributed by atoms with Gasteiger partial charge in [-0.2, -0.15) is 0 Å². The molecule has 3 atom stereocenters. The lowest BCUT2D eigenvalue weighted by Gasteiger charge is -2.29.